The Labute approximate surface area is 159 Å². The molecule has 1 unspecified atom stereocenters. The van der Waals surface area contributed by atoms with Crippen LogP contribution in [0.25, 0.3) is 0 Å². The lowest BCUT2D eigenvalue weighted by Crippen LogP contribution is -2.51. The van der Waals surface area contributed by atoms with Gasteiger partial charge in [-0.15, -0.1) is 4.52 Å². The summed E-state index contributed by atoms with van der Waals surface area (Å²) in [4.78, 5) is 45.9. The van der Waals surface area contributed by atoms with Crippen LogP contribution in [0.2, 0.25) is 0 Å². The van der Waals surface area contributed by atoms with Gasteiger partial charge in [0.05, 0.1) is 26.1 Å². The van der Waals surface area contributed by atoms with Crippen LogP contribution in [-0.2, 0) is 37.4 Å². The van der Waals surface area contributed by atoms with Gasteiger partial charge in [0.25, 0.3) is 5.91 Å². The molecule has 0 aromatic heterocycles. The molecule has 2 N–H and O–H groups in total. The Morgan fingerprint density at radius 3 is 2.44 bits per heavy atom. The Bertz CT molecular complexity index is 566. The number of ether oxygens (including phenoxy) is 2. The second-order valence-corrected chi connectivity index (χ2v) is 9.15. The normalized spacial score (nSPS) is 24.8. The second kappa shape index (κ2) is 9.25. The molecular formula is C16H29NO9P+. The minimum Gasteiger partial charge on any atom is -0.469 e. The molecule has 2 atom stereocenters. The quantitative estimate of drug-likeness (QED) is 0.444. The van der Waals surface area contributed by atoms with Crippen molar-refractivity contribution in [3.05, 3.63) is 0 Å². The van der Waals surface area contributed by atoms with Gasteiger partial charge in [-0.25, -0.2) is 0 Å². The molecule has 156 valence electrons. The maximum absolute atomic E-state index is 12.5. The molecule has 1 aliphatic rings. The molecule has 1 aliphatic heterocycles. The molecule has 1 fully saturated rings. The minimum atomic E-state index is -3.82. The van der Waals surface area contributed by atoms with E-state index in [-0.39, 0.29) is 26.2 Å². The zero-order valence-electron chi connectivity index (χ0n) is 16.6. The van der Waals surface area contributed by atoms with Crippen LogP contribution < -0.4 is 5.32 Å². The van der Waals surface area contributed by atoms with E-state index in [9.17, 15) is 19.3 Å². The number of nitrogens with one attached hydrogen (secondary N) is 1. The van der Waals surface area contributed by atoms with E-state index in [0.29, 0.717) is 0 Å². The molecule has 0 bridgehead atoms. The molecule has 0 aliphatic carbocycles. The molecule has 1 amide bonds. The van der Waals surface area contributed by atoms with Gasteiger partial charge in [-0.2, -0.15) is 13.9 Å². The van der Waals surface area contributed by atoms with E-state index < -0.39 is 42.9 Å². The van der Waals surface area contributed by atoms with Crippen molar-refractivity contribution >= 4 is 26.0 Å². The van der Waals surface area contributed by atoms with Gasteiger partial charge in [-0.3, -0.25) is 14.4 Å². The first-order valence-corrected chi connectivity index (χ1v) is 9.88. The second-order valence-electron chi connectivity index (χ2n) is 7.48. The molecular weight excluding hydrogens is 381 g/mol. The molecule has 27 heavy (non-hydrogen) atoms. The standard InChI is InChI=1S/C16H28NO9P/c1-15(2)9-24-27(21,25-10-16(3,4)14(20)23-6)26-12(15)13(19)17-8-7-11(18)22-5/h12,21H,7-10H2,1-6H3/p+1/t12-,27?/m0/s1. The summed E-state index contributed by atoms with van der Waals surface area (Å²) in [5.74, 6) is -1.50. The molecule has 0 saturated carbocycles. The van der Waals surface area contributed by atoms with E-state index in [1.165, 1.54) is 14.2 Å². The highest BCUT2D eigenvalue weighted by Gasteiger charge is 2.60. The zero-order valence-corrected chi connectivity index (χ0v) is 17.5. The highest BCUT2D eigenvalue weighted by molar-refractivity contribution is 7.55. The zero-order chi connectivity index (χ0) is 20.9. The molecule has 0 radical (unpaired) electrons. The lowest BCUT2D eigenvalue weighted by Gasteiger charge is -2.36. The number of amides is 1. The summed E-state index contributed by atoms with van der Waals surface area (Å²) in [6.07, 6.45) is -1.06. The number of carbonyl (C=O) groups is 3. The summed E-state index contributed by atoms with van der Waals surface area (Å²) < 4.78 is 25.4. The Balaban J connectivity index is 2.74. The van der Waals surface area contributed by atoms with Gasteiger partial charge in [0.2, 0.25) is 0 Å². The van der Waals surface area contributed by atoms with Crippen molar-refractivity contribution in [3.63, 3.8) is 0 Å². The number of rotatable bonds is 8. The van der Waals surface area contributed by atoms with Gasteiger partial charge in [0.15, 0.2) is 6.10 Å². The van der Waals surface area contributed by atoms with Crippen molar-refractivity contribution in [3.8, 4) is 0 Å². The van der Waals surface area contributed by atoms with Crippen LogP contribution in [0.1, 0.15) is 34.1 Å². The molecule has 0 spiro atoms. The third kappa shape index (κ3) is 6.65. The molecule has 1 rings (SSSR count). The van der Waals surface area contributed by atoms with E-state index >= 15 is 0 Å². The average Bonchev–Trinajstić information content (AvgIpc) is 2.61. The maximum atomic E-state index is 12.5. The van der Waals surface area contributed by atoms with E-state index in [4.69, 9.17) is 13.6 Å². The predicted molar refractivity (Wildman–Crippen MR) is 95.1 cm³/mol. The van der Waals surface area contributed by atoms with Crippen LogP contribution in [0.4, 0.5) is 0 Å². The van der Waals surface area contributed by atoms with Crippen LogP contribution in [0.3, 0.4) is 0 Å². The fourth-order valence-corrected chi connectivity index (χ4v) is 3.99. The van der Waals surface area contributed by atoms with E-state index in [1.54, 1.807) is 27.7 Å². The van der Waals surface area contributed by atoms with E-state index in [1.807, 2.05) is 0 Å². The minimum absolute atomic E-state index is 0.00498. The Hall–Kier alpha value is -1.32. The average molecular weight is 410 g/mol. The summed E-state index contributed by atoms with van der Waals surface area (Å²) in [5.41, 5.74) is -1.79. The number of hydrogen-bond acceptors (Lipinski definition) is 9. The highest BCUT2D eigenvalue weighted by Crippen LogP contribution is 2.64. The lowest BCUT2D eigenvalue weighted by molar-refractivity contribution is -0.155. The monoisotopic (exact) mass is 410 g/mol. The van der Waals surface area contributed by atoms with Gasteiger partial charge >= 0.3 is 20.1 Å². The first-order chi connectivity index (χ1) is 12.4. The Morgan fingerprint density at radius 1 is 1.26 bits per heavy atom. The van der Waals surface area contributed by atoms with Crippen molar-refractivity contribution in [2.45, 2.75) is 40.2 Å². The molecule has 1 saturated heterocycles. The van der Waals surface area contributed by atoms with Gasteiger partial charge in [0, 0.05) is 12.0 Å². The fourth-order valence-electron chi connectivity index (χ4n) is 2.16. The predicted octanol–water partition coefficient (Wildman–Crippen LogP) is 0.993. The van der Waals surface area contributed by atoms with Crippen molar-refractivity contribution < 1.29 is 42.3 Å². The Morgan fingerprint density at radius 2 is 1.89 bits per heavy atom. The van der Waals surface area contributed by atoms with E-state index in [2.05, 4.69) is 14.8 Å². The number of methoxy groups -OCH3 is 2. The van der Waals surface area contributed by atoms with Crippen LogP contribution in [-0.4, -0.2) is 62.8 Å². The van der Waals surface area contributed by atoms with Crippen LogP contribution >= 0.6 is 8.17 Å². The first kappa shape index (κ1) is 23.7. The third-order valence-corrected chi connectivity index (χ3v) is 5.36. The summed E-state index contributed by atoms with van der Waals surface area (Å²) in [6, 6.07) is 0. The molecule has 11 heteroatoms. The number of hydrogen-bond donors (Lipinski definition) is 2. The van der Waals surface area contributed by atoms with Gasteiger partial charge in [0.1, 0.15) is 13.2 Å². The molecule has 0 aromatic rings. The van der Waals surface area contributed by atoms with Gasteiger partial charge in [-0.05, 0) is 13.8 Å². The number of esters is 2. The molecule has 10 nitrogen and oxygen atoms in total. The van der Waals surface area contributed by atoms with Gasteiger partial charge < -0.3 is 14.8 Å². The van der Waals surface area contributed by atoms with Crippen molar-refractivity contribution in [2.75, 3.05) is 34.0 Å². The third-order valence-electron chi connectivity index (χ3n) is 3.97. The summed E-state index contributed by atoms with van der Waals surface area (Å²) in [5, 5.41) is 2.57. The lowest BCUT2D eigenvalue weighted by atomic mass is 9.87. The largest absolute Gasteiger partial charge is 0.573 e. The summed E-state index contributed by atoms with van der Waals surface area (Å²) in [6.45, 7) is 6.48. The molecule has 0 aromatic carbocycles. The highest BCUT2D eigenvalue weighted by atomic mass is 31.2. The maximum Gasteiger partial charge on any atom is 0.573 e. The summed E-state index contributed by atoms with van der Waals surface area (Å²) in [7, 11) is -1.31. The molecule has 1 heterocycles. The Kier molecular flexibility index (Phi) is 8.13. The van der Waals surface area contributed by atoms with Crippen LogP contribution in [0.5, 0.6) is 0 Å². The topological polar surface area (TPSA) is 130 Å². The van der Waals surface area contributed by atoms with Crippen LogP contribution in [0.15, 0.2) is 0 Å². The van der Waals surface area contributed by atoms with Gasteiger partial charge in [-0.1, -0.05) is 13.8 Å². The van der Waals surface area contributed by atoms with Crippen molar-refractivity contribution in [1.82, 2.24) is 5.32 Å². The number of carbonyl (C=O) groups excluding carboxylic acids is 3. The SMILES string of the molecule is COC(=O)CCNC(=O)[C@@H]1O[P+](O)(OCC(C)(C)C(=O)OC)OCC1(C)C. The van der Waals surface area contributed by atoms with Crippen molar-refractivity contribution in [1.29, 1.82) is 0 Å². The van der Waals surface area contributed by atoms with Crippen molar-refractivity contribution in [2.24, 2.45) is 10.8 Å². The fraction of sp³-hybridized carbons (Fsp3) is 0.812. The summed E-state index contributed by atoms with van der Waals surface area (Å²) >= 11 is 0. The van der Waals surface area contributed by atoms with E-state index in [0.717, 1.165) is 0 Å². The first-order valence-electron chi connectivity index (χ1n) is 8.39. The van der Waals surface area contributed by atoms with Crippen LogP contribution in [0, 0.1) is 10.8 Å². The smallest absolute Gasteiger partial charge is 0.469 e.